The molecule has 0 spiro atoms. The standard InChI is InChI=1S/C24H29N7O4/c1-14-19(32)20(33)23(35-14)31-22-18(29-24(31)26-7-3-9-34-2)21(27-13-28-22)30-8-6-16-5-4-15(11-25)10-17(16)12-30/h4-5,10,13-14,19-20,23,32-33H,3,6-9,12H2,1-2H3,(H,26,29)/t14-,19-,20-,23-/m1/s1. The van der Waals surface area contributed by atoms with E-state index in [-0.39, 0.29) is 0 Å². The lowest BCUT2D eigenvalue weighted by molar-refractivity contribution is -0.0287. The van der Waals surface area contributed by atoms with Gasteiger partial charge in [0.05, 0.1) is 17.7 Å². The molecular weight excluding hydrogens is 450 g/mol. The second-order valence-electron chi connectivity index (χ2n) is 8.93. The molecule has 0 saturated carbocycles. The van der Waals surface area contributed by atoms with Crippen molar-refractivity contribution in [2.24, 2.45) is 0 Å². The Hall–Kier alpha value is -3.30. The van der Waals surface area contributed by atoms with Crippen molar-refractivity contribution < 1.29 is 19.7 Å². The van der Waals surface area contributed by atoms with Crippen molar-refractivity contribution in [3.8, 4) is 6.07 Å². The Morgan fingerprint density at radius 2 is 2.11 bits per heavy atom. The van der Waals surface area contributed by atoms with Gasteiger partial charge in [0.1, 0.15) is 18.5 Å². The van der Waals surface area contributed by atoms with E-state index in [4.69, 9.17) is 14.5 Å². The second-order valence-corrected chi connectivity index (χ2v) is 8.93. The van der Waals surface area contributed by atoms with Crippen LogP contribution in [0.2, 0.25) is 0 Å². The Bertz CT molecular complexity index is 1260. The maximum Gasteiger partial charge on any atom is 0.207 e. The number of rotatable bonds is 7. The minimum absolute atomic E-state index is 0.479. The van der Waals surface area contributed by atoms with Gasteiger partial charge in [-0.2, -0.15) is 5.26 Å². The summed E-state index contributed by atoms with van der Waals surface area (Å²) in [4.78, 5) is 16.0. The summed E-state index contributed by atoms with van der Waals surface area (Å²) in [6, 6.07) is 8.00. The maximum absolute atomic E-state index is 10.7. The van der Waals surface area contributed by atoms with Crippen LogP contribution in [-0.2, 0) is 22.4 Å². The molecule has 0 bridgehead atoms. The summed E-state index contributed by atoms with van der Waals surface area (Å²) in [6.45, 7) is 4.24. The lowest BCUT2D eigenvalue weighted by atomic mass is 9.97. The number of nitriles is 1. The molecular formula is C24H29N7O4. The normalized spacial score (nSPS) is 23.9. The van der Waals surface area contributed by atoms with Crippen LogP contribution in [0.3, 0.4) is 0 Å². The number of aromatic nitrogens is 4. The summed E-state index contributed by atoms with van der Waals surface area (Å²) >= 11 is 0. The van der Waals surface area contributed by atoms with E-state index < -0.39 is 24.5 Å². The van der Waals surface area contributed by atoms with E-state index in [1.807, 2.05) is 18.2 Å². The lowest BCUT2D eigenvalue weighted by Crippen LogP contribution is -2.31. The smallest absolute Gasteiger partial charge is 0.207 e. The average Bonchev–Trinajstić information content (AvgIpc) is 3.37. The third-order valence-electron chi connectivity index (χ3n) is 6.64. The molecule has 2 aliphatic heterocycles. The van der Waals surface area contributed by atoms with Crippen molar-refractivity contribution in [3.63, 3.8) is 0 Å². The molecule has 3 aromatic rings. The Kier molecular flexibility index (Phi) is 6.53. The molecule has 0 unspecified atom stereocenters. The second kappa shape index (κ2) is 9.75. The molecule has 35 heavy (non-hydrogen) atoms. The van der Waals surface area contributed by atoms with Crippen molar-refractivity contribution in [1.82, 2.24) is 19.5 Å². The number of hydrogen-bond acceptors (Lipinski definition) is 10. The van der Waals surface area contributed by atoms with Crippen LogP contribution in [0.1, 0.15) is 36.3 Å². The largest absolute Gasteiger partial charge is 0.388 e. The van der Waals surface area contributed by atoms with Gasteiger partial charge in [0, 0.05) is 33.4 Å². The van der Waals surface area contributed by atoms with Gasteiger partial charge < -0.3 is 29.9 Å². The van der Waals surface area contributed by atoms with Crippen LogP contribution < -0.4 is 10.2 Å². The zero-order valence-electron chi connectivity index (χ0n) is 19.8. The van der Waals surface area contributed by atoms with E-state index in [1.54, 1.807) is 18.6 Å². The molecule has 11 nitrogen and oxygen atoms in total. The van der Waals surface area contributed by atoms with Gasteiger partial charge in [0.25, 0.3) is 0 Å². The number of aliphatic hydroxyl groups is 2. The summed E-state index contributed by atoms with van der Waals surface area (Å²) in [5.41, 5.74) is 4.02. The average molecular weight is 480 g/mol. The summed E-state index contributed by atoms with van der Waals surface area (Å²) in [5.74, 6) is 1.15. The number of hydrogen-bond donors (Lipinski definition) is 3. The lowest BCUT2D eigenvalue weighted by Gasteiger charge is -2.29. The molecule has 0 amide bonds. The van der Waals surface area contributed by atoms with Gasteiger partial charge in [-0.1, -0.05) is 6.07 Å². The first-order chi connectivity index (χ1) is 17.0. The summed E-state index contributed by atoms with van der Waals surface area (Å²) in [5, 5.41) is 33.7. The van der Waals surface area contributed by atoms with E-state index in [2.05, 4.69) is 26.3 Å². The third-order valence-corrected chi connectivity index (χ3v) is 6.64. The number of anilines is 2. The summed E-state index contributed by atoms with van der Waals surface area (Å²) in [6.07, 6.45) is -0.480. The minimum Gasteiger partial charge on any atom is -0.388 e. The van der Waals surface area contributed by atoms with Gasteiger partial charge in [-0.25, -0.2) is 15.0 Å². The molecule has 1 fully saturated rings. The quantitative estimate of drug-likeness (QED) is 0.425. The number of methoxy groups -OCH3 is 1. The first-order valence-electron chi connectivity index (χ1n) is 11.8. The number of imidazole rings is 1. The van der Waals surface area contributed by atoms with E-state index in [1.165, 1.54) is 11.9 Å². The van der Waals surface area contributed by atoms with Gasteiger partial charge in [-0.05, 0) is 43.0 Å². The number of nitrogens with zero attached hydrogens (tertiary/aromatic N) is 6. The fourth-order valence-electron chi connectivity index (χ4n) is 4.76. The molecule has 4 atom stereocenters. The van der Waals surface area contributed by atoms with Gasteiger partial charge in [-0.15, -0.1) is 0 Å². The number of nitrogens with one attached hydrogen (secondary N) is 1. The first kappa shape index (κ1) is 23.4. The number of benzene rings is 1. The van der Waals surface area contributed by atoms with Crippen LogP contribution in [0.15, 0.2) is 24.5 Å². The number of fused-ring (bicyclic) bond motifs is 2. The molecule has 4 heterocycles. The molecule has 2 aliphatic rings. The monoisotopic (exact) mass is 479 g/mol. The third kappa shape index (κ3) is 4.30. The van der Waals surface area contributed by atoms with Crippen molar-refractivity contribution in [2.45, 2.75) is 50.8 Å². The Labute approximate surface area is 202 Å². The molecule has 0 aliphatic carbocycles. The minimum atomic E-state index is -1.13. The summed E-state index contributed by atoms with van der Waals surface area (Å²) in [7, 11) is 1.65. The molecule has 184 valence electrons. The SMILES string of the molecule is COCCCNc1nc2c(N3CCc4ccc(C#N)cc4C3)ncnc2n1[C@@H]1O[C@H](C)[C@@H](O)[C@H]1O. The summed E-state index contributed by atoms with van der Waals surface area (Å²) < 4.78 is 12.8. The predicted octanol–water partition coefficient (Wildman–Crippen LogP) is 1.35. The highest BCUT2D eigenvalue weighted by molar-refractivity contribution is 5.86. The predicted molar refractivity (Wildman–Crippen MR) is 128 cm³/mol. The van der Waals surface area contributed by atoms with Gasteiger partial charge in [0.15, 0.2) is 23.2 Å². The Balaban J connectivity index is 1.54. The number of ether oxygens (including phenoxy) is 2. The van der Waals surface area contributed by atoms with Gasteiger partial charge >= 0.3 is 0 Å². The van der Waals surface area contributed by atoms with Crippen molar-refractivity contribution >= 4 is 22.9 Å². The van der Waals surface area contributed by atoms with Gasteiger partial charge in [-0.3, -0.25) is 4.57 Å². The van der Waals surface area contributed by atoms with E-state index in [0.717, 1.165) is 24.9 Å². The van der Waals surface area contributed by atoms with Crippen LogP contribution in [0.25, 0.3) is 11.2 Å². The van der Waals surface area contributed by atoms with Gasteiger partial charge in [0.2, 0.25) is 5.95 Å². The van der Waals surface area contributed by atoms with Crippen LogP contribution in [0.4, 0.5) is 11.8 Å². The first-order valence-corrected chi connectivity index (χ1v) is 11.8. The van der Waals surface area contributed by atoms with Crippen molar-refractivity contribution in [1.29, 1.82) is 5.26 Å². The highest BCUT2D eigenvalue weighted by Gasteiger charge is 2.43. The molecule has 1 aromatic carbocycles. The molecule has 1 saturated heterocycles. The fraction of sp³-hybridized carbons (Fsp3) is 0.500. The topological polar surface area (TPSA) is 142 Å². The van der Waals surface area contributed by atoms with Crippen molar-refractivity contribution in [2.75, 3.05) is 37.0 Å². The Morgan fingerprint density at radius 3 is 2.86 bits per heavy atom. The molecule has 0 radical (unpaired) electrons. The van der Waals surface area contributed by atoms with Crippen LogP contribution in [-0.4, -0.2) is 74.9 Å². The number of aliphatic hydroxyl groups excluding tert-OH is 2. The molecule has 5 rings (SSSR count). The molecule has 3 N–H and O–H groups in total. The van der Waals surface area contributed by atoms with E-state index in [9.17, 15) is 15.5 Å². The van der Waals surface area contributed by atoms with Crippen LogP contribution in [0.5, 0.6) is 0 Å². The maximum atomic E-state index is 10.7. The zero-order valence-corrected chi connectivity index (χ0v) is 19.8. The van der Waals surface area contributed by atoms with E-state index in [0.29, 0.717) is 48.2 Å². The van der Waals surface area contributed by atoms with Crippen LogP contribution in [0, 0.1) is 11.3 Å². The fourth-order valence-corrected chi connectivity index (χ4v) is 4.76. The molecule has 11 heteroatoms. The highest BCUT2D eigenvalue weighted by atomic mass is 16.6. The highest BCUT2D eigenvalue weighted by Crippen LogP contribution is 2.36. The van der Waals surface area contributed by atoms with Crippen molar-refractivity contribution in [3.05, 3.63) is 41.2 Å². The Morgan fingerprint density at radius 1 is 1.26 bits per heavy atom. The zero-order chi connectivity index (χ0) is 24.5. The van der Waals surface area contributed by atoms with Crippen LogP contribution >= 0.6 is 0 Å². The molecule has 2 aromatic heterocycles. The van der Waals surface area contributed by atoms with E-state index >= 15 is 0 Å².